The van der Waals surface area contributed by atoms with Crippen molar-refractivity contribution in [2.45, 2.75) is 25.6 Å². The lowest BCUT2D eigenvalue weighted by molar-refractivity contribution is -0.134. The molecule has 2 aromatic heterocycles. The van der Waals surface area contributed by atoms with E-state index in [1.807, 2.05) is 76.6 Å². The first-order chi connectivity index (χ1) is 17.2. The first kappa shape index (κ1) is 23.0. The van der Waals surface area contributed by atoms with Gasteiger partial charge in [-0.2, -0.15) is 5.10 Å². The predicted octanol–water partition coefficient (Wildman–Crippen LogP) is 2.70. The van der Waals surface area contributed by atoms with Crippen molar-refractivity contribution in [2.24, 2.45) is 0 Å². The number of carbonyl (C=O) groups excluding carboxylic acids is 1. The Kier molecular flexibility index (Phi) is 6.74. The van der Waals surface area contributed by atoms with Crippen LogP contribution in [0.4, 0.5) is 0 Å². The number of aliphatic hydroxyl groups excluding tert-OH is 1. The summed E-state index contributed by atoms with van der Waals surface area (Å²) in [5, 5.41) is 18.1. The third-order valence-corrected chi connectivity index (χ3v) is 6.50. The summed E-state index contributed by atoms with van der Waals surface area (Å²) in [5.41, 5.74) is 5.13. The molecular weight excluding hydrogens is 442 g/mol. The average Bonchev–Trinajstić information content (AvgIpc) is 3.32. The molecule has 0 saturated heterocycles. The van der Waals surface area contributed by atoms with Crippen molar-refractivity contribution in [1.82, 2.24) is 25.0 Å². The van der Waals surface area contributed by atoms with E-state index in [-0.39, 0.29) is 12.5 Å². The number of fused-ring (bicyclic) bond motifs is 3. The molecule has 1 amide bonds. The second-order valence-corrected chi connectivity index (χ2v) is 8.68. The molecule has 0 bridgehead atoms. The van der Waals surface area contributed by atoms with Gasteiger partial charge in [-0.15, -0.1) is 0 Å². The second-order valence-electron chi connectivity index (χ2n) is 8.68. The number of hydrogen-bond donors (Lipinski definition) is 2. The highest BCUT2D eigenvalue weighted by atomic mass is 16.5. The van der Waals surface area contributed by atoms with Crippen LogP contribution in [-0.2, 0) is 24.3 Å². The van der Waals surface area contributed by atoms with Crippen molar-refractivity contribution in [3.05, 3.63) is 89.2 Å². The van der Waals surface area contributed by atoms with Crippen molar-refractivity contribution in [3.63, 3.8) is 0 Å². The third kappa shape index (κ3) is 4.76. The molecule has 35 heavy (non-hydrogen) atoms. The number of nitrogens with zero attached hydrogens (tertiary/aromatic N) is 4. The summed E-state index contributed by atoms with van der Waals surface area (Å²) in [6.45, 7) is 2.08. The fraction of sp³-hybridized carbons (Fsp3) is 0.296. The van der Waals surface area contributed by atoms with Crippen molar-refractivity contribution < 1.29 is 14.6 Å². The van der Waals surface area contributed by atoms with Crippen LogP contribution in [0.25, 0.3) is 11.0 Å². The van der Waals surface area contributed by atoms with E-state index in [1.165, 1.54) is 5.56 Å². The minimum absolute atomic E-state index is 0.00518. The van der Waals surface area contributed by atoms with Crippen LogP contribution >= 0.6 is 0 Å². The number of carbonyl (C=O) groups is 1. The van der Waals surface area contributed by atoms with Crippen molar-refractivity contribution >= 4 is 16.9 Å². The normalized spacial score (nSPS) is 14.1. The van der Waals surface area contributed by atoms with Crippen molar-refractivity contribution in [2.75, 3.05) is 26.8 Å². The molecule has 1 aliphatic heterocycles. The summed E-state index contributed by atoms with van der Waals surface area (Å²) in [7, 11) is 1.66. The van der Waals surface area contributed by atoms with Gasteiger partial charge in [-0.05, 0) is 40.8 Å². The lowest BCUT2D eigenvalue weighted by Gasteiger charge is -2.32. The zero-order chi connectivity index (χ0) is 24.2. The van der Waals surface area contributed by atoms with Gasteiger partial charge in [-0.3, -0.25) is 10.1 Å². The largest absolute Gasteiger partial charge is 0.497 e. The molecule has 180 valence electrons. The molecule has 1 atom stereocenters. The van der Waals surface area contributed by atoms with Gasteiger partial charge in [0.15, 0.2) is 5.65 Å². The Bertz CT molecular complexity index is 1300. The maximum absolute atomic E-state index is 13.5. The van der Waals surface area contributed by atoms with Gasteiger partial charge >= 0.3 is 0 Å². The summed E-state index contributed by atoms with van der Waals surface area (Å²) < 4.78 is 7.16. The quantitative estimate of drug-likeness (QED) is 0.411. The molecule has 3 heterocycles. The van der Waals surface area contributed by atoms with E-state index in [2.05, 4.69) is 10.4 Å². The number of methoxy groups -OCH3 is 1. The average molecular weight is 472 g/mol. The van der Waals surface area contributed by atoms with Crippen molar-refractivity contribution in [3.8, 4) is 5.75 Å². The van der Waals surface area contributed by atoms with Gasteiger partial charge in [0, 0.05) is 31.2 Å². The fourth-order valence-electron chi connectivity index (χ4n) is 4.67. The second kappa shape index (κ2) is 10.2. The number of hydrogen-bond acceptors (Lipinski definition) is 6. The lowest BCUT2D eigenvalue weighted by Crippen LogP contribution is -2.44. The first-order valence-electron chi connectivity index (χ1n) is 11.8. The number of rotatable bonds is 8. The molecule has 0 aliphatic carbocycles. The maximum atomic E-state index is 13.5. The molecule has 8 nitrogen and oxygen atoms in total. The van der Waals surface area contributed by atoms with E-state index in [4.69, 9.17) is 9.72 Å². The van der Waals surface area contributed by atoms with Crippen LogP contribution < -0.4 is 10.1 Å². The standard InChI is InChI=1S/C27H29N5O3/c1-35-22-9-7-19(8-10-22)17-32-26-24(16-30-32)23-11-13-31(18-21(23)15-29-26)27(34)25(28-12-14-33)20-5-3-2-4-6-20/h2-10,15-16,25,28,33H,11-14,17-18H2,1H3. The first-order valence-corrected chi connectivity index (χ1v) is 11.8. The van der Waals surface area contributed by atoms with E-state index in [1.54, 1.807) is 7.11 Å². The Morgan fingerprint density at radius 2 is 1.94 bits per heavy atom. The topological polar surface area (TPSA) is 92.5 Å². The number of amides is 1. The van der Waals surface area contributed by atoms with Crippen LogP contribution in [0.2, 0.25) is 0 Å². The predicted molar refractivity (Wildman–Crippen MR) is 133 cm³/mol. The van der Waals surface area contributed by atoms with Gasteiger partial charge in [0.05, 0.1) is 26.5 Å². The number of benzene rings is 2. The van der Waals surface area contributed by atoms with E-state index < -0.39 is 6.04 Å². The Morgan fingerprint density at radius 3 is 2.69 bits per heavy atom. The number of nitrogens with one attached hydrogen (secondary N) is 1. The molecule has 1 unspecified atom stereocenters. The van der Waals surface area contributed by atoms with Crippen molar-refractivity contribution in [1.29, 1.82) is 0 Å². The molecule has 2 aromatic carbocycles. The molecule has 0 radical (unpaired) electrons. The van der Waals surface area contributed by atoms with E-state index in [0.29, 0.717) is 26.2 Å². The van der Waals surface area contributed by atoms with Gasteiger partial charge < -0.3 is 14.7 Å². The minimum atomic E-state index is -0.492. The molecule has 0 saturated carbocycles. The van der Waals surface area contributed by atoms with Crippen LogP contribution in [0.15, 0.2) is 67.0 Å². The SMILES string of the molecule is COc1ccc(Cn2ncc3c4c(cnc32)CN(C(=O)C(NCCO)c2ccccc2)CC4)cc1. The summed E-state index contributed by atoms with van der Waals surface area (Å²) >= 11 is 0. The Balaban J connectivity index is 1.36. The van der Waals surface area contributed by atoms with Gasteiger partial charge in [0.25, 0.3) is 0 Å². The molecule has 5 rings (SSSR count). The van der Waals surface area contributed by atoms with Crippen LogP contribution in [0.5, 0.6) is 5.75 Å². The summed E-state index contributed by atoms with van der Waals surface area (Å²) in [6.07, 6.45) is 4.51. The molecule has 4 aromatic rings. The summed E-state index contributed by atoms with van der Waals surface area (Å²) in [6, 6.07) is 17.1. The zero-order valence-corrected chi connectivity index (χ0v) is 19.7. The summed E-state index contributed by atoms with van der Waals surface area (Å²) in [5.74, 6) is 0.831. The minimum Gasteiger partial charge on any atom is -0.497 e. The highest BCUT2D eigenvalue weighted by molar-refractivity contribution is 5.85. The fourth-order valence-corrected chi connectivity index (χ4v) is 4.67. The highest BCUT2D eigenvalue weighted by Crippen LogP contribution is 2.28. The number of pyridine rings is 1. The lowest BCUT2D eigenvalue weighted by atomic mass is 9.97. The van der Waals surface area contributed by atoms with Crippen LogP contribution in [-0.4, -0.2) is 57.5 Å². The molecule has 8 heteroatoms. The third-order valence-electron chi connectivity index (χ3n) is 6.50. The highest BCUT2D eigenvalue weighted by Gasteiger charge is 2.29. The maximum Gasteiger partial charge on any atom is 0.244 e. The smallest absolute Gasteiger partial charge is 0.244 e. The van der Waals surface area contributed by atoms with Crippen LogP contribution in [0.3, 0.4) is 0 Å². The number of ether oxygens (including phenoxy) is 1. The number of aliphatic hydroxyl groups is 1. The molecular formula is C27H29N5O3. The van der Waals surface area contributed by atoms with E-state index >= 15 is 0 Å². The molecule has 2 N–H and O–H groups in total. The Hall–Kier alpha value is -3.75. The van der Waals surface area contributed by atoms with E-state index in [9.17, 15) is 9.90 Å². The monoisotopic (exact) mass is 471 g/mol. The Morgan fingerprint density at radius 1 is 1.14 bits per heavy atom. The summed E-state index contributed by atoms with van der Waals surface area (Å²) in [4.78, 5) is 20.1. The van der Waals surface area contributed by atoms with Gasteiger partial charge in [-0.25, -0.2) is 9.67 Å². The zero-order valence-electron chi connectivity index (χ0n) is 19.7. The number of aromatic nitrogens is 3. The Labute approximate surface area is 204 Å². The molecule has 0 fully saturated rings. The molecule has 1 aliphatic rings. The van der Waals surface area contributed by atoms with Gasteiger partial charge in [0.2, 0.25) is 5.91 Å². The molecule has 0 spiro atoms. The van der Waals surface area contributed by atoms with E-state index in [0.717, 1.165) is 39.9 Å². The van der Waals surface area contributed by atoms with Crippen LogP contribution in [0, 0.1) is 0 Å². The van der Waals surface area contributed by atoms with Gasteiger partial charge in [0.1, 0.15) is 11.8 Å². The van der Waals surface area contributed by atoms with Gasteiger partial charge in [-0.1, -0.05) is 42.5 Å². The van der Waals surface area contributed by atoms with Crippen LogP contribution in [0.1, 0.15) is 28.3 Å².